The maximum absolute atomic E-state index is 12.9. The molecule has 2 heterocycles. The number of carbonyl (C=O) groups excluding carboxylic acids is 1. The first-order valence-electron chi connectivity index (χ1n) is 9.38. The third-order valence-electron chi connectivity index (χ3n) is 4.98. The molecule has 0 bridgehead atoms. The molecule has 0 radical (unpaired) electrons. The van der Waals surface area contributed by atoms with Gasteiger partial charge in [-0.2, -0.15) is 13.2 Å². The maximum atomic E-state index is 12.9. The van der Waals surface area contributed by atoms with Crippen LogP contribution in [0.1, 0.15) is 42.9 Å². The zero-order valence-electron chi connectivity index (χ0n) is 16.0. The van der Waals surface area contributed by atoms with E-state index in [9.17, 15) is 18.0 Å². The summed E-state index contributed by atoms with van der Waals surface area (Å²) in [5.41, 5.74) is 1.84. The quantitative estimate of drug-likeness (QED) is 0.832. The number of nitrogens with zero attached hydrogens (tertiary/aromatic N) is 2. The second-order valence-electron chi connectivity index (χ2n) is 7.50. The summed E-state index contributed by atoms with van der Waals surface area (Å²) in [6, 6.07) is 9.01. The van der Waals surface area contributed by atoms with Gasteiger partial charge in [-0.25, -0.2) is 0 Å². The van der Waals surface area contributed by atoms with Gasteiger partial charge in [0, 0.05) is 25.3 Å². The molecule has 28 heavy (non-hydrogen) atoms. The summed E-state index contributed by atoms with van der Waals surface area (Å²) in [7, 11) is 0. The Morgan fingerprint density at radius 1 is 1.25 bits per heavy atom. The highest BCUT2D eigenvalue weighted by molar-refractivity contribution is 5.79. The number of aromatic nitrogens is 1. The number of alkyl halides is 3. The molecule has 1 aliphatic heterocycles. The second kappa shape index (κ2) is 8.20. The molecule has 4 nitrogen and oxygen atoms in total. The van der Waals surface area contributed by atoms with E-state index in [0.717, 1.165) is 17.8 Å². The van der Waals surface area contributed by atoms with Crippen LogP contribution in [-0.2, 0) is 17.4 Å². The Bertz CT molecular complexity index is 818. The Morgan fingerprint density at radius 2 is 1.96 bits per heavy atom. The molecular weight excluding hydrogens is 367 g/mol. The van der Waals surface area contributed by atoms with E-state index in [-0.39, 0.29) is 11.9 Å². The van der Waals surface area contributed by atoms with Gasteiger partial charge in [0.15, 0.2) is 0 Å². The summed E-state index contributed by atoms with van der Waals surface area (Å²) in [5, 5.41) is 2.99. The SMILES string of the molecule is CC(C)c1ccc(CC(=O)N[C@H]2CCN(c3cncc(C(F)(F)F)c3)C2)cc1. The number of anilines is 1. The van der Waals surface area contributed by atoms with E-state index in [1.165, 1.54) is 11.8 Å². The van der Waals surface area contributed by atoms with Gasteiger partial charge in [0.1, 0.15) is 0 Å². The number of rotatable bonds is 5. The summed E-state index contributed by atoms with van der Waals surface area (Å²) >= 11 is 0. The van der Waals surface area contributed by atoms with Crippen LogP contribution in [-0.4, -0.2) is 30.0 Å². The molecule has 1 atom stereocenters. The number of carbonyl (C=O) groups is 1. The van der Waals surface area contributed by atoms with E-state index in [2.05, 4.69) is 24.1 Å². The van der Waals surface area contributed by atoms with Gasteiger partial charge in [-0.3, -0.25) is 9.78 Å². The van der Waals surface area contributed by atoms with Crippen molar-refractivity contribution in [1.29, 1.82) is 0 Å². The van der Waals surface area contributed by atoms with Gasteiger partial charge in [0.25, 0.3) is 0 Å². The van der Waals surface area contributed by atoms with Gasteiger partial charge in [-0.15, -0.1) is 0 Å². The average Bonchev–Trinajstić information content (AvgIpc) is 3.10. The van der Waals surface area contributed by atoms with Crippen LogP contribution in [0.15, 0.2) is 42.7 Å². The molecule has 1 aliphatic rings. The van der Waals surface area contributed by atoms with Crippen LogP contribution in [0.2, 0.25) is 0 Å². The highest BCUT2D eigenvalue weighted by Gasteiger charge is 2.32. The van der Waals surface area contributed by atoms with Crippen molar-refractivity contribution in [2.75, 3.05) is 18.0 Å². The van der Waals surface area contributed by atoms with Gasteiger partial charge in [-0.1, -0.05) is 38.1 Å². The van der Waals surface area contributed by atoms with Gasteiger partial charge < -0.3 is 10.2 Å². The van der Waals surface area contributed by atoms with Crippen molar-refractivity contribution in [3.63, 3.8) is 0 Å². The minimum Gasteiger partial charge on any atom is -0.368 e. The molecule has 0 unspecified atom stereocenters. The van der Waals surface area contributed by atoms with Crippen LogP contribution < -0.4 is 10.2 Å². The molecule has 150 valence electrons. The van der Waals surface area contributed by atoms with Crippen LogP contribution in [0.25, 0.3) is 0 Å². The highest BCUT2D eigenvalue weighted by Crippen LogP contribution is 2.31. The molecule has 1 N–H and O–H groups in total. The summed E-state index contributed by atoms with van der Waals surface area (Å²) in [6.07, 6.45) is -1.19. The van der Waals surface area contributed by atoms with Crippen LogP contribution in [0.3, 0.4) is 0 Å². The third-order valence-corrected chi connectivity index (χ3v) is 4.98. The number of amides is 1. The van der Waals surface area contributed by atoms with E-state index < -0.39 is 11.7 Å². The summed E-state index contributed by atoms with van der Waals surface area (Å²) in [5.74, 6) is 0.365. The van der Waals surface area contributed by atoms with Crippen molar-refractivity contribution in [2.24, 2.45) is 0 Å². The second-order valence-corrected chi connectivity index (χ2v) is 7.50. The fourth-order valence-electron chi connectivity index (χ4n) is 3.35. The van der Waals surface area contributed by atoms with Gasteiger partial charge in [-0.05, 0) is 29.5 Å². The van der Waals surface area contributed by atoms with Crippen LogP contribution in [0.4, 0.5) is 18.9 Å². The van der Waals surface area contributed by atoms with Crippen LogP contribution in [0, 0.1) is 0 Å². The Labute approximate surface area is 162 Å². The van der Waals surface area contributed by atoms with E-state index in [1.54, 1.807) is 0 Å². The zero-order valence-corrected chi connectivity index (χ0v) is 16.0. The van der Waals surface area contributed by atoms with Crippen molar-refractivity contribution in [2.45, 2.75) is 44.8 Å². The molecule has 0 aliphatic carbocycles. The van der Waals surface area contributed by atoms with Gasteiger partial charge in [0.05, 0.1) is 23.9 Å². The Morgan fingerprint density at radius 3 is 2.61 bits per heavy atom. The van der Waals surface area contributed by atoms with E-state index >= 15 is 0 Å². The molecule has 0 spiro atoms. The van der Waals surface area contributed by atoms with Crippen molar-refractivity contribution in [3.8, 4) is 0 Å². The summed E-state index contributed by atoms with van der Waals surface area (Å²) in [4.78, 5) is 17.9. The van der Waals surface area contributed by atoms with Crippen LogP contribution in [0.5, 0.6) is 0 Å². The minimum absolute atomic E-state index is 0.0775. The van der Waals surface area contributed by atoms with Gasteiger partial charge in [0.2, 0.25) is 5.91 Å². The molecule has 2 aromatic rings. The lowest BCUT2D eigenvalue weighted by molar-refractivity contribution is -0.137. The third kappa shape index (κ3) is 5.03. The minimum atomic E-state index is -4.42. The Kier molecular flexibility index (Phi) is 5.91. The lowest BCUT2D eigenvalue weighted by Crippen LogP contribution is -2.38. The zero-order chi connectivity index (χ0) is 20.3. The van der Waals surface area contributed by atoms with Crippen molar-refractivity contribution in [1.82, 2.24) is 10.3 Å². The number of pyridine rings is 1. The number of hydrogen-bond donors (Lipinski definition) is 1. The van der Waals surface area contributed by atoms with Crippen molar-refractivity contribution in [3.05, 3.63) is 59.4 Å². The van der Waals surface area contributed by atoms with Crippen LogP contribution >= 0.6 is 0 Å². The lowest BCUT2D eigenvalue weighted by atomic mass is 10.0. The number of benzene rings is 1. The molecule has 0 saturated carbocycles. The highest BCUT2D eigenvalue weighted by atomic mass is 19.4. The van der Waals surface area contributed by atoms with Gasteiger partial charge >= 0.3 is 6.18 Å². The summed E-state index contributed by atoms with van der Waals surface area (Å²) < 4.78 is 38.6. The molecule has 1 aromatic heterocycles. The smallest absolute Gasteiger partial charge is 0.368 e. The molecule has 1 aromatic carbocycles. The molecule has 1 saturated heterocycles. The fourth-order valence-corrected chi connectivity index (χ4v) is 3.35. The molecule has 3 rings (SSSR count). The largest absolute Gasteiger partial charge is 0.417 e. The standard InChI is InChI=1S/C21H24F3N3O/c1-14(2)16-5-3-15(4-6-16)9-20(28)26-18-7-8-27(13-18)19-10-17(11-25-12-19)21(22,23)24/h3-6,10-12,14,18H,7-9,13H2,1-2H3,(H,26,28)/t18-/m0/s1. The fraction of sp³-hybridized carbons (Fsp3) is 0.429. The average molecular weight is 391 g/mol. The molecule has 7 heteroatoms. The van der Waals surface area contributed by atoms with E-state index in [0.29, 0.717) is 37.5 Å². The van der Waals surface area contributed by atoms with Crippen molar-refractivity contribution >= 4 is 11.6 Å². The number of halogens is 3. The first-order chi connectivity index (χ1) is 13.2. The van der Waals surface area contributed by atoms with E-state index in [1.807, 2.05) is 29.2 Å². The topological polar surface area (TPSA) is 45.2 Å². The first-order valence-corrected chi connectivity index (χ1v) is 9.38. The maximum Gasteiger partial charge on any atom is 0.417 e. The first kappa shape index (κ1) is 20.2. The molecule has 1 fully saturated rings. The molecule has 1 amide bonds. The van der Waals surface area contributed by atoms with Crippen molar-refractivity contribution < 1.29 is 18.0 Å². The summed E-state index contributed by atoms with van der Waals surface area (Å²) in [6.45, 7) is 5.29. The Hall–Kier alpha value is -2.57. The predicted molar refractivity (Wildman–Crippen MR) is 102 cm³/mol. The normalized spacial score (nSPS) is 17.2. The number of hydrogen-bond acceptors (Lipinski definition) is 3. The molecular formula is C21H24F3N3O. The Balaban J connectivity index is 1.55. The monoisotopic (exact) mass is 391 g/mol. The number of nitrogens with one attached hydrogen (secondary N) is 1. The van der Waals surface area contributed by atoms with E-state index in [4.69, 9.17) is 0 Å². The lowest BCUT2D eigenvalue weighted by Gasteiger charge is -2.20. The predicted octanol–water partition coefficient (Wildman–Crippen LogP) is 4.16.